The molecule has 0 spiro atoms. The van der Waals surface area contributed by atoms with Gasteiger partial charge in [-0.2, -0.15) is 0 Å². The molecule has 1 aromatic carbocycles. The minimum Gasteiger partial charge on any atom is -0.476 e. The number of hydrogen-bond acceptors (Lipinski definition) is 4. The van der Waals surface area contributed by atoms with Crippen LogP contribution in [0.5, 0.6) is 0 Å². The van der Waals surface area contributed by atoms with Crippen LogP contribution < -0.4 is 5.73 Å². The fourth-order valence-corrected chi connectivity index (χ4v) is 1.97. The molecule has 0 saturated carbocycles. The van der Waals surface area contributed by atoms with Crippen molar-refractivity contribution >= 4 is 23.5 Å². The van der Waals surface area contributed by atoms with Gasteiger partial charge >= 0.3 is 5.97 Å². The fraction of sp³-hybridized carbons (Fsp3) is 0.167. The summed E-state index contributed by atoms with van der Waals surface area (Å²) < 4.78 is 1.18. The monoisotopic (exact) mass is 294 g/mol. The summed E-state index contributed by atoms with van der Waals surface area (Å²) in [6, 6.07) is 7.00. The van der Waals surface area contributed by atoms with Crippen molar-refractivity contribution in [1.29, 1.82) is 0 Å². The number of aromatic carboxylic acids is 1. The molecule has 7 nitrogen and oxygen atoms in total. The molecule has 20 heavy (non-hydrogen) atoms. The normalized spacial score (nSPS) is 10.4. The molecule has 0 saturated heterocycles. The van der Waals surface area contributed by atoms with E-state index in [9.17, 15) is 9.59 Å². The Morgan fingerprint density at radius 2 is 2.05 bits per heavy atom. The van der Waals surface area contributed by atoms with Crippen molar-refractivity contribution in [3.8, 4) is 0 Å². The number of carboxylic acid groups (broad SMARTS) is 1. The van der Waals surface area contributed by atoms with Crippen molar-refractivity contribution < 1.29 is 14.7 Å². The molecule has 0 aliphatic carbocycles. The zero-order valence-corrected chi connectivity index (χ0v) is 11.0. The Bertz CT molecular complexity index is 668. The predicted molar refractivity (Wildman–Crippen MR) is 70.4 cm³/mol. The minimum atomic E-state index is -1.22. The van der Waals surface area contributed by atoms with E-state index < -0.39 is 11.9 Å². The first-order valence-corrected chi connectivity index (χ1v) is 6.04. The SMILES string of the molecule is NC(=O)Cn1nnc(C(=O)O)c1Cc1ccccc1Cl. The van der Waals surface area contributed by atoms with Gasteiger partial charge in [-0.25, -0.2) is 9.48 Å². The summed E-state index contributed by atoms with van der Waals surface area (Å²) in [4.78, 5) is 22.1. The summed E-state index contributed by atoms with van der Waals surface area (Å²) in [5.74, 6) is -1.85. The molecule has 8 heteroatoms. The molecule has 2 aromatic rings. The Hall–Kier alpha value is -2.41. The lowest BCUT2D eigenvalue weighted by molar-refractivity contribution is -0.118. The van der Waals surface area contributed by atoms with Gasteiger partial charge in [0, 0.05) is 11.4 Å². The predicted octanol–water partition coefficient (Wildman–Crippen LogP) is 0.706. The minimum absolute atomic E-state index is 0.196. The third-order valence-electron chi connectivity index (χ3n) is 2.66. The summed E-state index contributed by atoms with van der Waals surface area (Å²) >= 11 is 6.04. The summed E-state index contributed by atoms with van der Waals surface area (Å²) in [6.07, 6.45) is 0.196. The number of rotatable bonds is 5. The van der Waals surface area contributed by atoms with E-state index in [0.29, 0.717) is 10.6 Å². The molecular weight excluding hydrogens is 284 g/mol. The van der Waals surface area contributed by atoms with E-state index in [-0.39, 0.29) is 24.4 Å². The highest BCUT2D eigenvalue weighted by molar-refractivity contribution is 6.31. The Labute approximate surface area is 119 Å². The highest BCUT2D eigenvalue weighted by Gasteiger charge is 2.20. The molecule has 0 aliphatic heterocycles. The number of nitrogens with two attached hydrogens (primary N) is 1. The van der Waals surface area contributed by atoms with Crippen molar-refractivity contribution in [1.82, 2.24) is 15.0 Å². The number of halogens is 1. The Kier molecular flexibility index (Phi) is 3.99. The molecule has 3 N–H and O–H groups in total. The maximum absolute atomic E-state index is 11.1. The van der Waals surface area contributed by atoms with Crippen LogP contribution in [0.15, 0.2) is 24.3 Å². The van der Waals surface area contributed by atoms with E-state index in [1.807, 2.05) is 0 Å². The van der Waals surface area contributed by atoms with Crippen LogP contribution in [0.2, 0.25) is 5.02 Å². The molecule has 0 aliphatic rings. The van der Waals surface area contributed by atoms with Gasteiger partial charge in [0.15, 0.2) is 5.69 Å². The number of benzene rings is 1. The third-order valence-corrected chi connectivity index (χ3v) is 3.03. The Balaban J connectivity index is 2.42. The molecule has 1 aromatic heterocycles. The van der Waals surface area contributed by atoms with Crippen molar-refractivity contribution in [3.63, 3.8) is 0 Å². The highest BCUT2D eigenvalue weighted by atomic mass is 35.5. The molecule has 0 atom stereocenters. The van der Waals surface area contributed by atoms with Crippen LogP contribution in [0.1, 0.15) is 21.7 Å². The van der Waals surface area contributed by atoms with Crippen LogP contribution in [0.25, 0.3) is 0 Å². The van der Waals surface area contributed by atoms with Crippen LogP contribution in [0, 0.1) is 0 Å². The molecule has 0 fully saturated rings. The van der Waals surface area contributed by atoms with Crippen molar-refractivity contribution in [2.75, 3.05) is 0 Å². The number of hydrogen-bond donors (Lipinski definition) is 2. The first-order chi connectivity index (χ1) is 9.49. The molecule has 0 bridgehead atoms. The van der Waals surface area contributed by atoms with Gasteiger partial charge in [0.1, 0.15) is 6.54 Å². The molecule has 104 valence electrons. The zero-order chi connectivity index (χ0) is 14.7. The largest absolute Gasteiger partial charge is 0.476 e. The second-order valence-electron chi connectivity index (χ2n) is 4.08. The van der Waals surface area contributed by atoms with Gasteiger partial charge in [-0.05, 0) is 11.6 Å². The van der Waals surface area contributed by atoms with Gasteiger partial charge in [0.2, 0.25) is 5.91 Å². The van der Waals surface area contributed by atoms with E-state index in [1.165, 1.54) is 4.68 Å². The number of carboxylic acids is 1. The van der Waals surface area contributed by atoms with Crippen molar-refractivity contribution in [2.24, 2.45) is 5.73 Å². The summed E-state index contributed by atoms with van der Waals surface area (Å²) in [5.41, 5.74) is 5.88. The maximum atomic E-state index is 11.1. The maximum Gasteiger partial charge on any atom is 0.358 e. The summed E-state index contributed by atoms with van der Waals surface area (Å²) in [7, 11) is 0. The molecule has 0 unspecified atom stereocenters. The lowest BCUT2D eigenvalue weighted by Gasteiger charge is -2.07. The van der Waals surface area contributed by atoms with Crippen LogP contribution in [0.3, 0.4) is 0 Å². The summed E-state index contributed by atoms with van der Waals surface area (Å²) in [5, 5.41) is 16.8. The third kappa shape index (κ3) is 2.94. The van der Waals surface area contributed by atoms with E-state index >= 15 is 0 Å². The lowest BCUT2D eigenvalue weighted by Crippen LogP contribution is -2.21. The average Bonchev–Trinajstić information content (AvgIpc) is 2.74. The van der Waals surface area contributed by atoms with E-state index in [0.717, 1.165) is 0 Å². The number of carbonyl (C=O) groups is 2. The molecule has 1 amide bonds. The van der Waals surface area contributed by atoms with Crippen LogP contribution in [0.4, 0.5) is 0 Å². The van der Waals surface area contributed by atoms with E-state index in [2.05, 4.69) is 10.3 Å². The number of aromatic nitrogens is 3. The Morgan fingerprint density at radius 1 is 1.35 bits per heavy atom. The van der Waals surface area contributed by atoms with E-state index in [1.54, 1.807) is 24.3 Å². The molecule has 1 heterocycles. The second kappa shape index (κ2) is 5.70. The lowest BCUT2D eigenvalue weighted by atomic mass is 10.1. The van der Waals surface area contributed by atoms with E-state index in [4.69, 9.17) is 22.4 Å². The highest BCUT2D eigenvalue weighted by Crippen LogP contribution is 2.20. The van der Waals surface area contributed by atoms with Crippen molar-refractivity contribution in [3.05, 3.63) is 46.2 Å². The number of amides is 1. The topological polar surface area (TPSA) is 111 Å². The molecular formula is C12H11ClN4O3. The van der Waals surface area contributed by atoms with Gasteiger partial charge in [0.05, 0.1) is 5.69 Å². The average molecular weight is 295 g/mol. The first kappa shape index (κ1) is 14.0. The number of nitrogens with zero attached hydrogens (tertiary/aromatic N) is 3. The number of primary amides is 1. The molecule has 0 radical (unpaired) electrons. The number of carbonyl (C=O) groups excluding carboxylic acids is 1. The van der Waals surface area contributed by atoms with Crippen LogP contribution >= 0.6 is 11.6 Å². The van der Waals surface area contributed by atoms with Gasteiger partial charge in [-0.1, -0.05) is 35.0 Å². The first-order valence-electron chi connectivity index (χ1n) is 5.66. The quantitative estimate of drug-likeness (QED) is 0.843. The zero-order valence-electron chi connectivity index (χ0n) is 10.3. The van der Waals surface area contributed by atoms with Crippen LogP contribution in [-0.2, 0) is 17.8 Å². The fourth-order valence-electron chi connectivity index (χ4n) is 1.77. The standard InChI is InChI=1S/C12H11ClN4O3/c13-8-4-2-1-3-7(8)5-9-11(12(19)20)15-16-17(9)6-10(14)18/h1-4H,5-6H2,(H2,14,18)(H,19,20). The summed E-state index contributed by atoms with van der Waals surface area (Å²) in [6.45, 7) is -0.236. The van der Waals surface area contributed by atoms with Gasteiger partial charge in [-0.15, -0.1) is 5.10 Å². The molecule has 2 rings (SSSR count). The Morgan fingerprint density at radius 3 is 2.65 bits per heavy atom. The van der Waals surface area contributed by atoms with Crippen LogP contribution in [-0.4, -0.2) is 32.0 Å². The second-order valence-corrected chi connectivity index (χ2v) is 4.49. The van der Waals surface area contributed by atoms with Gasteiger partial charge in [-0.3, -0.25) is 4.79 Å². The smallest absolute Gasteiger partial charge is 0.358 e. The van der Waals surface area contributed by atoms with Gasteiger partial charge in [0.25, 0.3) is 0 Å². The van der Waals surface area contributed by atoms with Gasteiger partial charge < -0.3 is 10.8 Å². The van der Waals surface area contributed by atoms with Crippen molar-refractivity contribution in [2.45, 2.75) is 13.0 Å².